The first-order chi connectivity index (χ1) is 11.4. The molecule has 2 atom stereocenters. The summed E-state index contributed by atoms with van der Waals surface area (Å²) in [5.41, 5.74) is 0.386. The molecule has 3 rings (SSSR count). The van der Waals surface area contributed by atoms with E-state index in [2.05, 4.69) is 14.4 Å². The van der Waals surface area contributed by atoms with Gasteiger partial charge in [0.05, 0.1) is 12.7 Å². The molecule has 1 aromatic rings. The van der Waals surface area contributed by atoms with Crippen LogP contribution in [0.1, 0.15) is 31.7 Å². The van der Waals surface area contributed by atoms with E-state index in [1.807, 2.05) is 6.92 Å². The fourth-order valence-corrected chi connectivity index (χ4v) is 3.62. The summed E-state index contributed by atoms with van der Waals surface area (Å²) < 4.78 is 35.0. The molecule has 5 nitrogen and oxygen atoms in total. The number of benzene rings is 1. The third kappa shape index (κ3) is 3.34. The molecule has 0 aliphatic carbocycles. The van der Waals surface area contributed by atoms with Crippen molar-refractivity contribution in [3.8, 4) is 11.5 Å². The predicted octanol–water partition coefficient (Wildman–Crippen LogP) is 2.35. The van der Waals surface area contributed by atoms with Gasteiger partial charge in [-0.25, -0.2) is 0 Å². The van der Waals surface area contributed by atoms with E-state index in [4.69, 9.17) is 0 Å². The molecular formula is C17H23F2NO4. The zero-order chi connectivity index (χ0) is 17.4. The standard InChI is InChI=1S/C17H23F2NO4/c1-2-5-16(11-21)6-7-20(10-15(16)22)9-12-3-4-13-14(8-12)24-17(18,19)23-13/h3-4,8,15,21-22H,2,5-7,9-11H2,1H3/t15-,16-/m1/s1. The fourth-order valence-electron chi connectivity index (χ4n) is 3.62. The number of aliphatic hydroxyl groups is 2. The van der Waals surface area contributed by atoms with E-state index in [1.165, 1.54) is 6.07 Å². The summed E-state index contributed by atoms with van der Waals surface area (Å²) in [5.74, 6) is 0.0652. The first-order valence-electron chi connectivity index (χ1n) is 8.27. The predicted molar refractivity (Wildman–Crippen MR) is 83.0 cm³/mol. The van der Waals surface area contributed by atoms with Gasteiger partial charge in [0.2, 0.25) is 0 Å². The van der Waals surface area contributed by atoms with Crippen molar-refractivity contribution < 1.29 is 28.5 Å². The molecule has 134 valence electrons. The maximum absolute atomic E-state index is 13.1. The van der Waals surface area contributed by atoms with Crippen LogP contribution < -0.4 is 9.47 Å². The van der Waals surface area contributed by atoms with Crippen LogP contribution in [0, 0.1) is 5.41 Å². The molecule has 1 aromatic carbocycles. The summed E-state index contributed by atoms with van der Waals surface area (Å²) in [5, 5.41) is 20.2. The molecule has 24 heavy (non-hydrogen) atoms. The molecule has 2 heterocycles. The van der Waals surface area contributed by atoms with E-state index in [0.29, 0.717) is 19.5 Å². The molecule has 0 spiro atoms. The summed E-state index contributed by atoms with van der Waals surface area (Å²) in [4.78, 5) is 2.06. The topological polar surface area (TPSA) is 62.2 Å². The highest BCUT2D eigenvalue weighted by Crippen LogP contribution is 2.42. The van der Waals surface area contributed by atoms with E-state index in [1.54, 1.807) is 12.1 Å². The van der Waals surface area contributed by atoms with E-state index >= 15 is 0 Å². The molecule has 2 aliphatic rings. The summed E-state index contributed by atoms with van der Waals surface area (Å²) in [7, 11) is 0. The van der Waals surface area contributed by atoms with Crippen LogP contribution in [0.15, 0.2) is 18.2 Å². The van der Waals surface area contributed by atoms with Gasteiger partial charge in [0.15, 0.2) is 11.5 Å². The van der Waals surface area contributed by atoms with Gasteiger partial charge in [-0.05, 0) is 37.1 Å². The average molecular weight is 343 g/mol. The number of hydrogen-bond acceptors (Lipinski definition) is 5. The van der Waals surface area contributed by atoms with E-state index in [9.17, 15) is 19.0 Å². The molecule has 0 aromatic heterocycles. The Morgan fingerprint density at radius 2 is 2.04 bits per heavy atom. The summed E-state index contributed by atoms with van der Waals surface area (Å²) >= 11 is 0. The molecule has 0 unspecified atom stereocenters. The number of likely N-dealkylation sites (tertiary alicyclic amines) is 1. The molecule has 1 saturated heterocycles. The van der Waals surface area contributed by atoms with Gasteiger partial charge >= 0.3 is 6.29 Å². The number of rotatable bonds is 5. The van der Waals surface area contributed by atoms with Gasteiger partial charge in [0, 0.05) is 18.5 Å². The molecule has 2 aliphatic heterocycles. The van der Waals surface area contributed by atoms with Crippen LogP contribution in [0.2, 0.25) is 0 Å². The van der Waals surface area contributed by atoms with Crippen LogP contribution >= 0.6 is 0 Å². The average Bonchev–Trinajstić information content (AvgIpc) is 2.83. The number of fused-ring (bicyclic) bond motifs is 1. The summed E-state index contributed by atoms with van der Waals surface area (Å²) in [6.45, 7) is 3.73. The van der Waals surface area contributed by atoms with Gasteiger partial charge in [-0.3, -0.25) is 4.90 Å². The first-order valence-corrected chi connectivity index (χ1v) is 8.27. The zero-order valence-electron chi connectivity index (χ0n) is 13.7. The number of β-amino-alcohol motifs (C(OH)–C–C–N with tert-alkyl or cyclic N) is 1. The first kappa shape index (κ1) is 17.4. The SMILES string of the molecule is CCC[C@]1(CO)CCN(Cc2ccc3c(c2)OC(F)(F)O3)C[C@H]1O. The van der Waals surface area contributed by atoms with Crippen LogP contribution in [-0.2, 0) is 6.54 Å². The van der Waals surface area contributed by atoms with Crippen LogP contribution in [0.25, 0.3) is 0 Å². The lowest BCUT2D eigenvalue weighted by atomic mass is 9.73. The highest BCUT2D eigenvalue weighted by Gasteiger charge is 2.44. The molecule has 0 amide bonds. The van der Waals surface area contributed by atoms with Crippen molar-refractivity contribution in [1.82, 2.24) is 4.90 Å². The maximum atomic E-state index is 13.1. The van der Waals surface area contributed by atoms with Crippen LogP contribution in [0.3, 0.4) is 0 Å². The zero-order valence-corrected chi connectivity index (χ0v) is 13.7. The number of nitrogens with zero attached hydrogens (tertiary/aromatic N) is 1. The number of piperidine rings is 1. The Labute approximate surface area is 139 Å². The highest BCUT2D eigenvalue weighted by atomic mass is 19.3. The second kappa shape index (κ2) is 6.46. The molecule has 2 N–H and O–H groups in total. The second-order valence-electron chi connectivity index (χ2n) is 6.72. The second-order valence-corrected chi connectivity index (χ2v) is 6.72. The van der Waals surface area contributed by atoms with Crippen LogP contribution in [0.5, 0.6) is 11.5 Å². The van der Waals surface area contributed by atoms with Crippen molar-refractivity contribution in [2.24, 2.45) is 5.41 Å². The van der Waals surface area contributed by atoms with Gasteiger partial charge in [0.1, 0.15) is 0 Å². The Morgan fingerprint density at radius 3 is 2.71 bits per heavy atom. The Hall–Kier alpha value is -1.44. The summed E-state index contributed by atoms with van der Waals surface area (Å²) in [6.07, 6.45) is -1.80. The quantitative estimate of drug-likeness (QED) is 0.859. The van der Waals surface area contributed by atoms with Crippen molar-refractivity contribution in [2.75, 3.05) is 19.7 Å². The molecule has 0 radical (unpaired) electrons. The van der Waals surface area contributed by atoms with E-state index in [-0.39, 0.29) is 18.1 Å². The Balaban J connectivity index is 1.65. The fraction of sp³-hybridized carbons (Fsp3) is 0.647. The number of aliphatic hydroxyl groups excluding tert-OH is 2. The highest BCUT2D eigenvalue weighted by molar-refractivity contribution is 5.45. The smallest absolute Gasteiger partial charge is 0.396 e. The van der Waals surface area contributed by atoms with Crippen LogP contribution in [-0.4, -0.2) is 47.2 Å². The van der Waals surface area contributed by atoms with Gasteiger partial charge in [-0.15, -0.1) is 8.78 Å². The van der Waals surface area contributed by atoms with E-state index in [0.717, 1.165) is 24.9 Å². The monoisotopic (exact) mass is 343 g/mol. The molecular weight excluding hydrogens is 320 g/mol. The van der Waals surface area contributed by atoms with Crippen molar-refractivity contribution in [1.29, 1.82) is 0 Å². The van der Waals surface area contributed by atoms with E-state index < -0.39 is 17.8 Å². The normalized spacial score (nSPS) is 29.0. The van der Waals surface area contributed by atoms with Gasteiger partial charge in [-0.2, -0.15) is 0 Å². The molecule has 0 saturated carbocycles. The minimum absolute atomic E-state index is 0.0189. The minimum atomic E-state index is -3.61. The lowest BCUT2D eigenvalue weighted by Gasteiger charge is -2.44. The number of halogens is 2. The third-order valence-electron chi connectivity index (χ3n) is 5.00. The number of hydrogen-bond donors (Lipinski definition) is 2. The van der Waals surface area contributed by atoms with Gasteiger partial charge in [0.25, 0.3) is 0 Å². The lowest BCUT2D eigenvalue weighted by molar-refractivity contribution is -0.286. The number of alkyl halides is 2. The molecule has 1 fully saturated rings. The van der Waals surface area contributed by atoms with Crippen molar-refractivity contribution in [3.05, 3.63) is 23.8 Å². The Morgan fingerprint density at radius 1 is 1.29 bits per heavy atom. The Kier molecular flexibility index (Phi) is 4.68. The van der Waals surface area contributed by atoms with Crippen LogP contribution in [0.4, 0.5) is 8.78 Å². The van der Waals surface area contributed by atoms with Crippen molar-refractivity contribution >= 4 is 0 Å². The Bertz CT molecular complexity index is 598. The number of ether oxygens (including phenoxy) is 2. The largest absolute Gasteiger partial charge is 0.586 e. The molecule has 7 heteroatoms. The van der Waals surface area contributed by atoms with Crippen molar-refractivity contribution in [2.45, 2.75) is 45.1 Å². The van der Waals surface area contributed by atoms with Gasteiger partial charge in [-0.1, -0.05) is 19.4 Å². The maximum Gasteiger partial charge on any atom is 0.586 e. The van der Waals surface area contributed by atoms with Crippen molar-refractivity contribution in [3.63, 3.8) is 0 Å². The molecule has 0 bridgehead atoms. The van der Waals surface area contributed by atoms with Gasteiger partial charge < -0.3 is 19.7 Å². The minimum Gasteiger partial charge on any atom is -0.396 e. The summed E-state index contributed by atoms with van der Waals surface area (Å²) in [6, 6.07) is 4.74. The third-order valence-corrected chi connectivity index (χ3v) is 5.00. The lowest BCUT2D eigenvalue weighted by Crippen LogP contribution is -2.52.